The number of hydrogen-bond donors (Lipinski definition) is 3. The molecule has 9 heteroatoms. The zero-order valence-electron chi connectivity index (χ0n) is 15.9. The van der Waals surface area contributed by atoms with Gasteiger partial charge in [-0.2, -0.15) is 4.98 Å². The Morgan fingerprint density at radius 2 is 2.00 bits per heavy atom. The van der Waals surface area contributed by atoms with Crippen LogP contribution in [0.5, 0.6) is 5.75 Å². The van der Waals surface area contributed by atoms with Crippen molar-refractivity contribution in [3.05, 3.63) is 60.0 Å². The van der Waals surface area contributed by atoms with Crippen LogP contribution in [0.4, 0.5) is 10.5 Å². The lowest BCUT2D eigenvalue weighted by Gasteiger charge is -2.16. The molecule has 9 nitrogen and oxygen atoms in total. The number of urea groups is 1. The number of carboxylic acids is 1. The minimum absolute atomic E-state index is 0.113. The number of ether oxygens (including phenoxy) is 1. The van der Waals surface area contributed by atoms with E-state index in [0.717, 1.165) is 5.56 Å². The Balaban J connectivity index is 1.67. The number of hydrogen-bond acceptors (Lipinski definition) is 6. The number of carbonyl (C=O) groups excluding carboxylic acids is 1. The van der Waals surface area contributed by atoms with Crippen molar-refractivity contribution >= 4 is 17.7 Å². The van der Waals surface area contributed by atoms with Crippen LogP contribution >= 0.6 is 0 Å². The number of aliphatic carboxylic acids is 1. The standard InChI is InChI=1S/C20H20N4O5/c1-12-21-18(24-29-12)14-6-4-7-15(11-14)22-20(27)23-17(19(25)26)10-13-5-3-8-16(9-13)28-2/h3-9,11,17H,10H2,1-2H3,(H,25,26)(H2,22,23,27). The van der Waals surface area contributed by atoms with Crippen LogP contribution in [-0.4, -0.2) is 40.4 Å². The molecule has 2 aromatic carbocycles. The highest BCUT2D eigenvalue weighted by atomic mass is 16.5. The van der Waals surface area contributed by atoms with E-state index in [4.69, 9.17) is 9.26 Å². The van der Waals surface area contributed by atoms with Crippen molar-refractivity contribution in [2.24, 2.45) is 0 Å². The quantitative estimate of drug-likeness (QED) is 0.560. The number of methoxy groups -OCH3 is 1. The Morgan fingerprint density at radius 1 is 1.21 bits per heavy atom. The second-order valence-electron chi connectivity index (χ2n) is 6.26. The summed E-state index contributed by atoms with van der Waals surface area (Å²) in [5, 5.41) is 18.4. The maximum absolute atomic E-state index is 12.3. The molecule has 150 valence electrons. The first-order chi connectivity index (χ1) is 13.9. The second-order valence-corrected chi connectivity index (χ2v) is 6.26. The Kier molecular flexibility index (Phi) is 6.08. The summed E-state index contributed by atoms with van der Waals surface area (Å²) in [6.07, 6.45) is 0.113. The summed E-state index contributed by atoms with van der Waals surface area (Å²) in [5.41, 5.74) is 1.85. The predicted molar refractivity (Wildman–Crippen MR) is 105 cm³/mol. The van der Waals surface area contributed by atoms with Gasteiger partial charge in [0.25, 0.3) is 0 Å². The molecule has 0 aliphatic carbocycles. The van der Waals surface area contributed by atoms with Crippen molar-refractivity contribution in [2.75, 3.05) is 12.4 Å². The molecule has 1 aromatic heterocycles. The summed E-state index contributed by atoms with van der Waals surface area (Å²) in [5.74, 6) is 0.301. The van der Waals surface area contributed by atoms with Crippen LogP contribution in [-0.2, 0) is 11.2 Å². The molecule has 3 rings (SSSR count). The average Bonchev–Trinajstić information content (AvgIpc) is 3.14. The van der Waals surface area contributed by atoms with Crippen LogP contribution in [0.3, 0.4) is 0 Å². The van der Waals surface area contributed by atoms with Crippen LogP contribution in [0.1, 0.15) is 11.5 Å². The molecule has 0 aliphatic heterocycles. The van der Waals surface area contributed by atoms with E-state index in [9.17, 15) is 14.7 Å². The molecule has 0 fully saturated rings. The van der Waals surface area contributed by atoms with Gasteiger partial charge in [-0.15, -0.1) is 0 Å². The maximum Gasteiger partial charge on any atom is 0.326 e. The van der Waals surface area contributed by atoms with Gasteiger partial charge >= 0.3 is 12.0 Å². The van der Waals surface area contributed by atoms with Crippen molar-refractivity contribution in [3.8, 4) is 17.1 Å². The number of rotatable bonds is 7. The topological polar surface area (TPSA) is 127 Å². The first-order valence-corrected chi connectivity index (χ1v) is 8.78. The molecule has 3 aromatic rings. The van der Waals surface area contributed by atoms with Crippen LogP contribution < -0.4 is 15.4 Å². The van der Waals surface area contributed by atoms with Gasteiger partial charge in [0.2, 0.25) is 11.7 Å². The molecule has 0 spiro atoms. The largest absolute Gasteiger partial charge is 0.497 e. The van der Waals surface area contributed by atoms with Gasteiger partial charge in [-0.25, -0.2) is 9.59 Å². The van der Waals surface area contributed by atoms with E-state index in [-0.39, 0.29) is 6.42 Å². The third kappa shape index (κ3) is 5.32. The summed E-state index contributed by atoms with van der Waals surface area (Å²) in [4.78, 5) is 28.1. The number of carboxylic acid groups (broad SMARTS) is 1. The minimum Gasteiger partial charge on any atom is -0.497 e. The van der Waals surface area contributed by atoms with Gasteiger partial charge in [0, 0.05) is 24.6 Å². The van der Waals surface area contributed by atoms with Gasteiger partial charge in [-0.05, 0) is 29.8 Å². The third-order valence-electron chi connectivity index (χ3n) is 4.08. The number of anilines is 1. The SMILES string of the molecule is COc1cccc(CC(NC(=O)Nc2cccc(-c3noc(C)n3)c2)C(=O)O)c1. The Labute approximate surface area is 166 Å². The van der Waals surface area contributed by atoms with Crippen molar-refractivity contribution in [1.82, 2.24) is 15.5 Å². The van der Waals surface area contributed by atoms with Crippen molar-refractivity contribution in [2.45, 2.75) is 19.4 Å². The predicted octanol–water partition coefficient (Wildman–Crippen LogP) is 2.87. The first-order valence-electron chi connectivity index (χ1n) is 8.78. The van der Waals surface area contributed by atoms with Crippen LogP contribution in [0, 0.1) is 6.92 Å². The van der Waals surface area contributed by atoms with Gasteiger partial charge in [-0.3, -0.25) is 0 Å². The number of aryl methyl sites for hydroxylation is 1. The molecule has 0 bridgehead atoms. The fourth-order valence-electron chi connectivity index (χ4n) is 2.71. The van der Waals surface area contributed by atoms with Crippen LogP contribution in [0.25, 0.3) is 11.4 Å². The molecule has 1 unspecified atom stereocenters. The zero-order valence-corrected chi connectivity index (χ0v) is 15.9. The molecular formula is C20H20N4O5. The summed E-state index contributed by atoms with van der Waals surface area (Å²) in [6, 6.07) is 12.1. The van der Waals surface area contributed by atoms with Crippen molar-refractivity contribution in [1.29, 1.82) is 0 Å². The highest BCUT2D eigenvalue weighted by molar-refractivity contribution is 5.92. The van der Waals surface area contributed by atoms with E-state index >= 15 is 0 Å². The van der Waals surface area contributed by atoms with Crippen molar-refractivity contribution < 1.29 is 24.0 Å². The number of benzene rings is 2. The lowest BCUT2D eigenvalue weighted by molar-refractivity contribution is -0.139. The Hall–Kier alpha value is -3.88. The van der Waals surface area contributed by atoms with E-state index in [2.05, 4.69) is 20.8 Å². The number of nitrogens with one attached hydrogen (secondary N) is 2. The third-order valence-corrected chi connectivity index (χ3v) is 4.08. The monoisotopic (exact) mass is 396 g/mol. The number of nitrogens with zero attached hydrogens (tertiary/aromatic N) is 2. The van der Waals surface area contributed by atoms with Gasteiger partial charge in [0.15, 0.2) is 0 Å². The first kappa shape index (κ1) is 19.9. The van der Waals surface area contributed by atoms with Gasteiger partial charge in [0.05, 0.1) is 7.11 Å². The summed E-state index contributed by atoms with van der Waals surface area (Å²) < 4.78 is 10.1. The van der Waals surface area contributed by atoms with E-state index in [1.54, 1.807) is 55.5 Å². The normalized spacial score (nSPS) is 11.5. The van der Waals surface area contributed by atoms with Crippen LogP contribution in [0.2, 0.25) is 0 Å². The summed E-state index contributed by atoms with van der Waals surface area (Å²) in [7, 11) is 1.53. The van der Waals surface area contributed by atoms with E-state index < -0.39 is 18.0 Å². The number of amides is 2. The highest BCUT2D eigenvalue weighted by Gasteiger charge is 2.21. The van der Waals surface area contributed by atoms with Gasteiger partial charge in [0.1, 0.15) is 11.8 Å². The minimum atomic E-state index is -1.14. The fourth-order valence-corrected chi connectivity index (χ4v) is 2.71. The molecule has 0 aliphatic rings. The highest BCUT2D eigenvalue weighted by Crippen LogP contribution is 2.20. The molecular weight excluding hydrogens is 376 g/mol. The smallest absolute Gasteiger partial charge is 0.326 e. The van der Waals surface area contributed by atoms with Gasteiger partial charge in [-0.1, -0.05) is 29.4 Å². The van der Waals surface area contributed by atoms with E-state index in [0.29, 0.717) is 28.7 Å². The Morgan fingerprint density at radius 3 is 2.69 bits per heavy atom. The number of carbonyl (C=O) groups is 2. The molecule has 1 atom stereocenters. The molecule has 2 amide bonds. The van der Waals surface area contributed by atoms with E-state index in [1.165, 1.54) is 7.11 Å². The molecule has 0 radical (unpaired) electrons. The van der Waals surface area contributed by atoms with Gasteiger partial charge < -0.3 is 25.0 Å². The molecule has 1 heterocycles. The average molecular weight is 396 g/mol. The summed E-state index contributed by atoms with van der Waals surface area (Å²) >= 11 is 0. The van der Waals surface area contributed by atoms with Crippen LogP contribution in [0.15, 0.2) is 53.1 Å². The zero-order chi connectivity index (χ0) is 20.8. The summed E-state index contributed by atoms with van der Waals surface area (Å²) in [6.45, 7) is 1.68. The van der Waals surface area contributed by atoms with Crippen molar-refractivity contribution in [3.63, 3.8) is 0 Å². The molecule has 0 saturated heterocycles. The Bertz CT molecular complexity index is 1020. The molecule has 29 heavy (non-hydrogen) atoms. The van der Waals surface area contributed by atoms with E-state index in [1.807, 2.05) is 0 Å². The number of aromatic nitrogens is 2. The lowest BCUT2D eigenvalue weighted by Crippen LogP contribution is -2.44. The second kappa shape index (κ2) is 8.87. The molecule has 3 N–H and O–H groups in total. The molecule has 0 saturated carbocycles. The maximum atomic E-state index is 12.3. The lowest BCUT2D eigenvalue weighted by atomic mass is 10.1. The fraction of sp³-hybridized carbons (Fsp3) is 0.200.